The van der Waals surface area contributed by atoms with E-state index < -0.39 is 11.8 Å². The fraction of sp³-hybridized carbons (Fsp3) is 0.229. The third-order valence-corrected chi connectivity index (χ3v) is 8.01. The molecule has 0 radical (unpaired) electrons. The van der Waals surface area contributed by atoms with Crippen molar-refractivity contribution in [2.24, 2.45) is 5.92 Å². The lowest BCUT2D eigenvalue weighted by atomic mass is 9.91. The van der Waals surface area contributed by atoms with E-state index in [9.17, 15) is 13.6 Å². The molecule has 41 heavy (non-hydrogen) atoms. The SMILES string of the molecule is CC1=C(C(=O)Nc2cccc(C(F)(F)C3CC3)c2)NC(c2cc(-c3ccccc3)cc(-c3c(C)cccc3C)c2)N1. The Balaban J connectivity index is 1.28. The summed E-state index contributed by atoms with van der Waals surface area (Å²) in [5, 5.41) is 9.58. The van der Waals surface area contributed by atoms with Crippen molar-refractivity contribution in [1.82, 2.24) is 10.6 Å². The van der Waals surface area contributed by atoms with Crippen LogP contribution in [0, 0.1) is 19.8 Å². The molecule has 6 heteroatoms. The molecule has 0 aromatic heterocycles. The molecule has 3 N–H and O–H groups in total. The number of alkyl halides is 2. The van der Waals surface area contributed by atoms with Gasteiger partial charge in [-0.2, -0.15) is 0 Å². The van der Waals surface area contributed by atoms with E-state index in [2.05, 4.69) is 78.3 Å². The van der Waals surface area contributed by atoms with Gasteiger partial charge < -0.3 is 16.0 Å². The van der Waals surface area contributed by atoms with E-state index in [0.29, 0.717) is 29.9 Å². The molecule has 1 aliphatic carbocycles. The van der Waals surface area contributed by atoms with Gasteiger partial charge in [-0.3, -0.25) is 4.79 Å². The average molecular weight is 550 g/mol. The van der Waals surface area contributed by atoms with Gasteiger partial charge in [0.2, 0.25) is 0 Å². The first-order valence-electron chi connectivity index (χ1n) is 14.0. The molecule has 1 fully saturated rings. The van der Waals surface area contributed by atoms with Crippen LogP contribution < -0.4 is 16.0 Å². The molecule has 1 atom stereocenters. The highest BCUT2D eigenvalue weighted by Gasteiger charge is 2.48. The van der Waals surface area contributed by atoms with Crippen LogP contribution in [0.5, 0.6) is 0 Å². The van der Waals surface area contributed by atoms with Crippen molar-refractivity contribution < 1.29 is 13.6 Å². The summed E-state index contributed by atoms with van der Waals surface area (Å²) >= 11 is 0. The molecule has 2 aliphatic rings. The van der Waals surface area contributed by atoms with Gasteiger partial charge in [0.25, 0.3) is 11.8 Å². The Morgan fingerprint density at radius 2 is 1.46 bits per heavy atom. The van der Waals surface area contributed by atoms with E-state index in [0.717, 1.165) is 22.3 Å². The van der Waals surface area contributed by atoms with Gasteiger partial charge in [0.05, 0.1) is 0 Å². The number of hydrogen-bond donors (Lipinski definition) is 3. The molecule has 1 unspecified atom stereocenters. The molecule has 0 saturated heterocycles. The van der Waals surface area contributed by atoms with Crippen molar-refractivity contribution in [2.75, 3.05) is 5.32 Å². The molecule has 4 nitrogen and oxygen atoms in total. The third-order valence-electron chi connectivity index (χ3n) is 8.01. The van der Waals surface area contributed by atoms with E-state index in [1.165, 1.54) is 28.8 Å². The number of amides is 1. The first kappa shape index (κ1) is 26.8. The van der Waals surface area contributed by atoms with E-state index in [1.54, 1.807) is 12.1 Å². The zero-order chi connectivity index (χ0) is 28.7. The minimum atomic E-state index is -2.88. The maximum atomic E-state index is 14.7. The molecule has 4 aromatic carbocycles. The monoisotopic (exact) mass is 549 g/mol. The molecular weight excluding hydrogens is 516 g/mol. The first-order valence-corrected chi connectivity index (χ1v) is 14.0. The summed E-state index contributed by atoms with van der Waals surface area (Å²) in [6, 6.07) is 29.0. The lowest BCUT2D eigenvalue weighted by Gasteiger charge is -2.19. The third kappa shape index (κ3) is 5.34. The van der Waals surface area contributed by atoms with Crippen molar-refractivity contribution in [1.29, 1.82) is 0 Å². The molecular formula is C35H33F2N3O. The Bertz CT molecular complexity index is 1640. The first-order chi connectivity index (χ1) is 19.7. The Labute approximate surface area is 239 Å². The number of rotatable bonds is 7. The minimum Gasteiger partial charge on any atom is -0.363 e. The summed E-state index contributed by atoms with van der Waals surface area (Å²) in [5.74, 6) is -3.87. The Kier molecular flexibility index (Phi) is 6.86. The summed E-state index contributed by atoms with van der Waals surface area (Å²) in [4.78, 5) is 13.3. The van der Waals surface area contributed by atoms with Crippen molar-refractivity contribution in [3.63, 3.8) is 0 Å². The molecule has 1 heterocycles. The van der Waals surface area contributed by atoms with E-state index in [4.69, 9.17) is 0 Å². The van der Waals surface area contributed by atoms with Crippen molar-refractivity contribution in [3.05, 3.63) is 125 Å². The number of anilines is 1. The summed E-state index contributed by atoms with van der Waals surface area (Å²) < 4.78 is 29.4. The number of halogens is 2. The van der Waals surface area contributed by atoms with Gasteiger partial charge in [0.15, 0.2) is 0 Å². The number of nitrogens with one attached hydrogen (secondary N) is 3. The number of aryl methyl sites for hydroxylation is 2. The van der Waals surface area contributed by atoms with Crippen molar-refractivity contribution in [2.45, 2.75) is 45.7 Å². The van der Waals surface area contributed by atoms with Gasteiger partial charge in [0, 0.05) is 22.9 Å². The van der Waals surface area contributed by atoms with Gasteiger partial charge in [0.1, 0.15) is 11.9 Å². The molecule has 208 valence electrons. The van der Waals surface area contributed by atoms with Crippen LogP contribution in [0.25, 0.3) is 22.3 Å². The predicted octanol–water partition coefficient (Wildman–Crippen LogP) is 8.20. The van der Waals surface area contributed by atoms with Crippen LogP contribution in [0.3, 0.4) is 0 Å². The standard InChI is InChI=1S/C35H33F2N3O/c1-21-9-7-10-22(2)31(21)26-17-25(24-11-5-4-6-12-24)18-27(19-26)33-38-23(3)32(40-33)34(41)39-30-14-8-13-29(20-30)35(36,37)28-15-16-28/h4-14,17-20,28,33,38,40H,15-16H2,1-3H3,(H,39,41). The quantitative estimate of drug-likeness (QED) is 0.218. The summed E-state index contributed by atoms with van der Waals surface area (Å²) in [5.41, 5.74) is 9.20. The fourth-order valence-electron chi connectivity index (χ4n) is 5.69. The second-order valence-electron chi connectivity index (χ2n) is 11.1. The summed E-state index contributed by atoms with van der Waals surface area (Å²) in [6.45, 7) is 6.08. The normalized spacial score (nSPS) is 16.8. The van der Waals surface area contributed by atoms with E-state index in [-0.39, 0.29) is 17.6 Å². The Morgan fingerprint density at radius 3 is 2.17 bits per heavy atom. The molecule has 0 spiro atoms. The van der Waals surface area contributed by atoms with Gasteiger partial charge in [-0.05, 0) is 103 Å². The topological polar surface area (TPSA) is 53.2 Å². The van der Waals surface area contributed by atoms with Crippen LogP contribution in [-0.2, 0) is 10.7 Å². The summed E-state index contributed by atoms with van der Waals surface area (Å²) in [6.07, 6.45) is 0.722. The van der Waals surface area contributed by atoms with Crippen LogP contribution in [0.1, 0.15) is 48.2 Å². The molecule has 0 bridgehead atoms. The molecule has 1 saturated carbocycles. The Morgan fingerprint density at radius 1 is 0.780 bits per heavy atom. The maximum absolute atomic E-state index is 14.7. The molecule has 1 aliphatic heterocycles. The van der Waals surface area contributed by atoms with E-state index in [1.807, 2.05) is 25.1 Å². The highest BCUT2D eigenvalue weighted by Crippen LogP contribution is 2.50. The molecule has 4 aromatic rings. The van der Waals surface area contributed by atoms with Crippen molar-refractivity contribution in [3.8, 4) is 22.3 Å². The second kappa shape index (κ2) is 10.5. The lowest BCUT2D eigenvalue weighted by Crippen LogP contribution is -2.27. The minimum absolute atomic E-state index is 0.0596. The van der Waals surface area contributed by atoms with Crippen molar-refractivity contribution >= 4 is 11.6 Å². The molecule has 1 amide bonds. The number of carbonyl (C=O) groups excluding carboxylic acids is 1. The van der Waals surface area contributed by atoms with Gasteiger partial charge in [-0.25, -0.2) is 8.78 Å². The lowest BCUT2D eigenvalue weighted by molar-refractivity contribution is -0.113. The van der Waals surface area contributed by atoms with Gasteiger partial charge >= 0.3 is 0 Å². The zero-order valence-electron chi connectivity index (χ0n) is 23.4. The Hall–Kier alpha value is -4.45. The predicted molar refractivity (Wildman–Crippen MR) is 160 cm³/mol. The smallest absolute Gasteiger partial charge is 0.276 e. The van der Waals surface area contributed by atoms with Crippen LogP contribution in [-0.4, -0.2) is 5.91 Å². The van der Waals surface area contributed by atoms with Crippen LogP contribution >= 0.6 is 0 Å². The number of hydrogen-bond acceptors (Lipinski definition) is 3. The number of benzene rings is 4. The maximum Gasteiger partial charge on any atom is 0.276 e. The zero-order valence-corrected chi connectivity index (χ0v) is 23.4. The van der Waals surface area contributed by atoms with E-state index >= 15 is 0 Å². The van der Waals surface area contributed by atoms with Gasteiger partial charge in [-0.15, -0.1) is 0 Å². The second-order valence-corrected chi connectivity index (χ2v) is 11.1. The highest BCUT2D eigenvalue weighted by molar-refractivity contribution is 6.04. The van der Waals surface area contributed by atoms with Crippen LogP contribution in [0.2, 0.25) is 0 Å². The highest BCUT2D eigenvalue weighted by atomic mass is 19.3. The van der Waals surface area contributed by atoms with Crippen LogP contribution in [0.15, 0.2) is 102 Å². The van der Waals surface area contributed by atoms with Gasteiger partial charge in [-0.1, -0.05) is 60.7 Å². The number of carbonyl (C=O) groups is 1. The average Bonchev–Trinajstić information content (AvgIpc) is 3.76. The summed E-state index contributed by atoms with van der Waals surface area (Å²) in [7, 11) is 0. The largest absolute Gasteiger partial charge is 0.363 e. The molecule has 6 rings (SSSR count). The van der Waals surface area contributed by atoms with Crippen LogP contribution in [0.4, 0.5) is 14.5 Å². The fourth-order valence-corrected chi connectivity index (χ4v) is 5.69. The number of allylic oxidation sites excluding steroid dienone is 1.